The van der Waals surface area contributed by atoms with Gasteiger partial charge in [-0.25, -0.2) is 0 Å². The van der Waals surface area contributed by atoms with Gasteiger partial charge in [-0.05, 0) is 80.8 Å². The fourth-order valence-corrected chi connectivity index (χ4v) is 6.09. The maximum absolute atomic E-state index is 11.3. The molecular weight excluding hydrogens is 404 g/mol. The second-order valence-electron chi connectivity index (χ2n) is 10.5. The normalized spacial score (nSPS) is 30.5. The van der Waals surface area contributed by atoms with Gasteiger partial charge >= 0.3 is 0 Å². The fourth-order valence-electron chi connectivity index (χ4n) is 5.93. The van der Waals surface area contributed by atoms with Crippen LogP contribution >= 0.6 is 11.6 Å². The van der Waals surface area contributed by atoms with Crippen molar-refractivity contribution in [3.05, 3.63) is 47.1 Å². The number of allylic oxidation sites excluding steroid dienone is 8. The monoisotopic (exact) mass is 444 g/mol. The zero-order valence-electron chi connectivity index (χ0n) is 19.6. The van der Waals surface area contributed by atoms with Crippen molar-refractivity contribution in [3.63, 3.8) is 0 Å². The summed E-state index contributed by atoms with van der Waals surface area (Å²) in [5.41, 5.74) is 4.71. The molecule has 0 spiro atoms. The molecule has 0 bridgehead atoms. The molecule has 1 fully saturated rings. The molecule has 172 valence electrons. The number of aliphatic hydroxyl groups excluding tert-OH is 1. The molecule has 1 aliphatic heterocycles. The molecule has 2 N–H and O–H groups in total. The first-order chi connectivity index (χ1) is 14.9. The molecule has 4 unspecified atom stereocenters. The van der Waals surface area contributed by atoms with E-state index >= 15 is 0 Å². The van der Waals surface area contributed by atoms with Crippen molar-refractivity contribution in [3.8, 4) is 0 Å². The first kappa shape index (κ1) is 23.3. The van der Waals surface area contributed by atoms with Crippen LogP contribution < -0.4 is 5.32 Å². The zero-order chi connectivity index (χ0) is 22.0. The van der Waals surface area contributed by atoms with Crippen LogP contribution in [0, 0.1) is 17.8 Å². The van der Waals surface area contributed by atoms with Crippen LogP contribution in [0.3, 0.4) is 0 Å². The molecule has 4 heteroatoms. The van der Waals surface area contributed by atoms with Crippen LogP contribution in [-0.4, -0.2) is 46.8 Å². The van der Waals surface area contributed by atoms with Gasteiger partial charge in [0.05, 0.1) is 5.38 Å². The molecule has 0 aromatic heterocycles. The number of piperidine rings is 1. The molecule has 31 heavy (non-hydrogen) atoms. The van der Waals surface area contributed by atoms with E-state index in [-0.39, 0.29) is 11.4 Å². The molecule has 0 aromatic rings. The van der Waals surface area contributed by atoms with Crippen molar-refractivity contribution in [1.29, 1.82) is 0 Å². The van der Waals surface area contributed by atoms with Crippen molar-refractivity contribution in [1.82, 2.24) is 10.2 Å². The number of nitrogens with zero attached hydrogens (tertiary/aromatic N) is 1. The minimum absolute atomic E-state index is 0.102. The van der Waals surface area contributed by atoms with Gasteiger partial charge in [0, 0.05) is 25.2 Å². The van der Waals surface area contributed by atoms with Crippen molar-refractivity contribution in [2.45, 2.75) is 89.4 Å². The summed E-state index contributed by atoms with van der Waals surface area (Å²) < 4.78 is 0. The summed E-state index contributed by atoms with van der Waals surface area (Å²) in [7, 11) is 0. The Morgan fingerprint density at radius 2 is 1.90 bits per heavy atom. The topological polar surface area (TPSA) is 35.5 Å². The lowest BCUT2D eigenvalue weighted by molar-refractivity contribution is -0.0526. The van der Waals surface area contributed by atoms with Crippen molar-refractivity contribution >= 4 is 11.6 Å². The summed E-state index contributed by atoms with van der Waals surface area (Å²) >= 11 is 6.19. The maximum atomic E-state index is 11.3. The highest BCUT2D eigenvalue weighted by molar-refractivity contribution is 6.22. The van der Waals surface area contributed by atoms with Gasteiger partial charge in [-0.1, -0.05) is 49.8 Å². The van der Waals surface area contributed by atoms with Gasteiger partial charge in [-0.3, -0.25) is 4.90 Å². The van der Waals surface area contributed by atoms with Crippen molar-refractivity contribution < 1.29 is 5.11 Å². The molecular formula is C27H41ClN2O. The first-order valence-electron chi connectivity index (χ1n) is 12.5. The Hall–Kier alpha value is -0.870. The van der Waals surface area contributed by atoms with Crippen LogP contribution in [0.15, 0.2) is 47.1 Å². The van der Waals surface area contributed by atoms with E-state index in [4.69, 9.17) is 11.6 Å². The highest BCUT2D eigenvalue weighted by atomic mass is 35.5. The zero-order valence-corrected chi connectivity index (χ0v) is 20.3. The molecule has 0 aromatic carbocycles. The van der Waals surface area contributed by atoms with Crippen LogP contribution in [0.1, 0.15) is 65.7 Å². The Labute approximate surface area is 194 Å². The summed E-state index contributed by atoms with van der Waals surface area (Å²) in [4.78, 5) is 2.30. The minimum Gasteiger partial charge on any atom is -0.377 e. The number of hydrogen-bond donors (Lipinski definition) is 2. The second-order valence-corrected chi connectivity index (χ2v) is 11.1. The van der Waals surface area contributed by atoms with E-state index in [1.54, 1.807) is 11.1 Å². The molecule has 5 atom stereocenters. The second kappa shape index (κ2) is 10.4. The Kier molecular flexibility index (Phi) is 7.80. The quantitative estimate of drug-likeness (QED) is 0.504. The standard InChI is InChI=1S/C27H41ClN2O/c1-18(2)26(29-19(3)24-16-22-6-4-5-7-23(22)17-24)27(31)30-14-12-21(13-15-30)20-8-10-25(28)11-9-20/h4,6,8-10,18-19,21,24-27,29,31H,5,7,11-17H2,1-3H3/t19?,24?,25?,26-,27?/m1/s1. The van der Waals surface area contributed by atoms with Gasteiger partial charge in [0.2, 0.25) is 0 Å². The molecule has 3 aliphatic carbocycles. The lowest BCUT2D eigenvalue weighted by atomic mass is 9.85. The van der Waals surface area contributed by atoms with Gasteiger partial charge < -0.3 is 10.4 Å². The van der Waals surface area contributed by atoms with Crippen molar-refractivity contribution in [2.75, 3.05) is 13.1 Å². The average Bonchev–Trinajstić information content (AvgIpc) is 3.22. The highest BCUT2D eigenvalue weighted by Gasteiger charge is 2.35. The summed E-state index contributed by atoms with van der Waals surface area (Å²) in [5.74, 6) is 1.66. The SMILES string of the molecule is CC(N[C@H](C(C)C)C(O)N1CCC(C2=CCC(Cl)C=C2)CC1)C1CC2=C(CCC=C2)C1. The third kappa shape index (κ3) is 5.55. The van der Waals surface area contributed by atoms with Crippen molar-refractivity contribution in [2.24, 2.45) is 17.8 Å². The molecule has 3 nitrogen and oxygen atoms in total. The molecule has 0 saturated carbocycles. The number of hydrogen-bond acceptors (Lipinski definition) is 3. The lowest BCUT2D eigenvalue weighted by Crippen LogP contribution is -2.57. The number of aliphatic hydroxyl groups is 1. The van der Waals surface area contributed by atoms with Gasteiger partial charge in [-0.15, -0.1) is 11.6 Å². The first-order valence-corrected chi connectivity index (χ1v) is 12.9. The summed E-state index contributed by atoms with van der Waals surface area (Å²) in [6.45, 7) is 8.73. The van der Waals surface area contributed by atoms with Crippen LogP contribution in [0.25, 0.3) is 0 Å². The molecule has 0 radical (unpaired) electrons. The van der Waals surface area contributed by atoms with E-state index in [0.29, 0.717) is 23.8 Å². The van der Waals surface area contributed by atoms with Gasteiger partial charge in [-0.2, -0.15) is 0 Å². The van der Waals surface area contributed by atoms with E-state index in [0.717, 1.165) is 32.4 Å². The summed E-state index contributed by atoms with van der Waals surface area (Å²) in [6, 6.07) is 0.519. The van der Waals surface area contributed by atoms with E-state index in [1.807, 2.05) is 0 Å². The van der Waals surface area contributed by atoms with E-state index in [1.165, 1.54) is 31.3 Å². The average molecular weight is 445 g/mol. The van der Waals surface area contributed by atoms with Gasteiger partial charge in [0.25, 0.3) is 0 Å². The Morgan fingerprint density at radius 1 is 1.13 bits per heavy atom. The fraction of sp³-hybridized carbons (Fsp3) is 0.704. The lowest BCUT2D eigenvalue weighted by Gasteiger charge is -2.41. The number of alkyl halides is 1. The minimum atomic E-state index is -0.421. The van der Waals surface area contributed by atoms with Crippen LogP contribution in [0.5, 0.6) is 0 Å². The molecule has 0 amide bonds. The number of halogens is 1. The van der Waals surface area contributed by atoms with Crippen LogP contribution in [-0.2, 0) is 0 Å². The van der Waals surface area contributed by atoms with Gasteiger partial charge in [0.15, 0.2) is 0 Å². The van der Waals surface area contributed by atoms with E-state index < -0.39 is 6.23 Å². The highest BCUT2D eigenvalue weighted by Crippen LogP contribution is 2.39. The molecule has 1 heterocycles. The molecule has 4 aliphatic rings. The number of rotatable bonds is 7. The summed E-state index contributed by atoms with van der Waals surface area (Å²) in [5, 5.41) is 15.3. The Morgan fingerprint density at radius 3 is 2.55 bits per heavy atom. The smallest absolute Gasteiger partial charge is 0.123 e. The van der Waals surface area contributed by atoms with Crippen LogP contribution in [0.4, 0.5) is 0 Å². The predicted octanol–water partition coefficient (Wildman–Crippen LogP) is 5.57. The largest absolute Gasteiger partial charge is 0.377 e. The predicted molar refractivity (Wildman–Crippen MR) is 131 cm³/mol. The van der Waals surface area contributed by atoms with E-state index in [2.05, 4.69) is 61.4 Å². The van der Waals surface area contributed by atoms with Crippen LogP contribution in [0.2, 0.25) is 0 Å². The number of likely N-dealkylation sites (tertiary alicyclic amines) is 1. The molecule has 4 rings (SSSR count). The maximum Gasteiger partial charge on any atom is 0.123 e. The Bertz CT molecular complexity index is 744. The third-order valence-electron chi connectivity index (χ3n) is 8.03. The third-order valence-corrected chi connectivity index (χ3v) is 8.35. The van der Waals surface area contributed by atoms with Gasteiger partial charge in [0.1, 0.15) is 6.23 Å². The van der Waals surface area contributed by atoms with E-state index in [9.17, 15) is 5.11 Å². The Balaban J connectivity index is 1.30. The number of nitrogens with one attached hydrogen (secondary N) is 1. The molecule has 1 saturated heterocycles. The summed E-state index contributed by atoms with van der Waals surface area (Å²) in [6.07, 6.45) is 19.0.